The number of rotatable bonds is 7. The van der Waals surface area contributed by atoms with Crippen LogP contribution in [0.5, 0.6) is 5.75 Å². The number of carboxylic acids is 1. The molecule has 2 heterocycles. The van der Waals surface area contributed by atoms with Crippen LogP contribution in [-0.4, -0.2) is 25.6 Å². The van der Waals surface area contributed by atoms with E-state index >= 15 is 0 Å². The van der Waals surface area contributed by atoms with Gasteiger partial charge in [-0.1, -0.05) is 35.9 Å². The molecule has 0 aliphatic heterocycles. The minimum Gasteiger partial charge on any atom is -0.489 e. The van der Waals surface area contributed by atoms with Gasteiger partial charge in [0, 0.05) is 22.2 Å². The van der Waals surface area contributed by atoms with Crippen LogP contribution >= 0.6 is 11.6 Å². The minimum absolute atomic E-state index is 0.148. The number of fused-ring (bicyclic) bond motifs is 1. The topological polar surface area (TPSA) is 90.4 Å². The van der Waals surface area contributed by atoms with E-state index in [9.17, 15) is 9.90 Å². The zero-order valence-corrected chi connectivity index (χ0v) is 19.0. The Bertz CT molecular complexity index is 1490. The van der Waals surface area contributed by atoms with Crippen molar-refractivity contribution in [2.45, 2.75) is 20.1 Å². The summed E-state index contributed by atoms with van der Waals surface area (Å²) in [7, 11) is 0. The number of carboxylic acid groups (broad SMARTS) is 1. The molecule has 0 atom stereocenters. The number of imidazole rings is 1. The Labute approximate surface area is 200 Å². The number of aryl methyl sites for hydroxylation is 1. The molecular weight excluding hydrogens is 454 g/mol. The molecule has 0 radical (unpaired) electrons. The van der Waals surface area contributed by atoms with Crippen molar-refractivity contribution in [2.24, 2.45) is 0 Å². The number of halogens is 1. The zero-order valence-electron chi connectivity index (χ0n) is 18.2. The Balaban J connectivity index is 1.41. The van der Waals surface area contributed by atoms with Crippen LogP contribution < -0.4 is 4.74 Å². The molecule has 7 nitrogen and oxygen atoms in total. The average molecular weight is 474 g/mol. The van der Waals surface area contributed by atoms with Crippen LogP contribution in [0.1, 0.15) is 27.3 Å². The SMILES string of the molecule is Cc1nc2ccc(OCc3ccccc3C(=O)O)cc2n1Cc1ccc(-c2ncco2)cc1Cl. The Morgan fingerprint density at radius 1 is 1.12 bits per heavy atom. The summed E-state index contributed by atoms with van der Waals surface area (Å²) in [5.74, 6) is 1.01. The average Bonchev–Trinajstić information content (AvgIpc) is 3.47. The Morgan fingerprint density at radius 2 is 1.97 bits per heavy atom. The van der Waals surface area contributed by atoms with Crippen molar-refractivity contribution < 1.29 is 19.1 Å². The van der Waals surface area contributed by atoms with Crippen LogP contribution in [0.2, 0.25) is 5.02 Å². The maximum absolute atomic E-state index is 11.5. The van der Waals surface area contributed by atoms with Gasteiger partial charge in [-0.2, -0.15) is 0 Å². The molecular formula is C26H20ClN3O4. The summed E-state index contributed by atoms with van der Waals surface area (Å²) in [4.78, 5) is 20.3. The van der Waals surface area contributed by atoms with Crippen molar-refractivity contribution in [1.29, 1.82) is 0 Å². The predicted molar refractivity (Wildman–Crippen MR) is 128 cm³/mol. The number of ether oxygens (including phenoxy) is 1. The van der Waals surface area contributed by atoms with Crippen molar-refractivity contribution in [3.05, 3.63) is 101 Å². The third-order valence-corrected chi connectivity index (χ3v) is 5.97. The van der Waals surface area contributed by atoms with Crippen LogP contribution in [0.4, 0.5) is 0 Å². The lowest BCUT2D eigenvalue weighted by molar-refractivity contribution is 0.0694. The lowest BCUT2D eigenvalue weighted by Crippen LogP contribution is -2.05. The molecule has 0 aliphatic rings. The van der Waals surface area contributed by atoms with Gasteiger partial charge in [0.25, 0.3) is 0 Å². The second kappa shape index (κ2) is 9.03. The van der Waals surface area contributed by atoms with Crippen molar-refractivity contribution >= 4 is 28.6 Å². The molecule has 8 heteroatoms. The fourth-order valence-corrected chi connectivity index (χ4v) is 4.11. The maximum atomic E-state index is 11.5. The number of oxazole rings is 1. The fraction of sp³-hybridized carbons (Fsp3) is 0.115. The van der Waals surface area contributed by atoms with Crippen molar-refractivity contribution in [2.75, 3.05) is 0 Å². The summed E-state index contributed by atoms with van der Waals surface area (Å²) >= 11 is 6.58. The van der Waals surface area contributed by atoms with Crippen LogP contribution in [-0.2, 0) is 13.2 Å². The molecule has 0 saturated heterocycles. The van der Waals surface area contributed by atoms with E-state index < -0.39 is 5.97 Å². The number of nitrogens with zero attached hydrogens (tertiary/aromatic N) is 3. The highest BCUT2D eigenvalue weighted by atomic mass is 35.5. The van der Waals surface area contributed by atoms with E-state index in [-0.39, 0.29) is 12.2 Å². The van der Waals surface area contributed by atoms with Crippen molar-refractivity contribution in [3.63, 3.8) is 0 Å². The van der Waals surface area contributed by atoms with Gasteiger partial charge in [-0.25, -0.2) is 14.8 Å². The van der Waals surface area contributed by atoms with Crippen LogP contribution in [0, 0.1) is 6.92 Å². The van der Waals surface area contributed by atoms with Crippen molar-refractivity contribution in [3.8, 4) is 17.2 Å². The van der Waals surface area contributed by atoms with Gasteiger partial charge in [0.1, 0.15) is 24.4 Å². The fourth-order valence-electron chi connectivity index (χ4n) is 3.87. The highest BCUT2D eigenvalue weighted by Gasteiger charge is 2.14. The highest BCUT2D eigenvalue weighted by molar-refractivity contribution is 6.31. The molecule has 0 fully saturated rings. The standard InChI is InChI=1S/C26H20ClN3O4/c1-16-29-23-9-8-20(34-15-19-4-2-3-5-21(19)26(31)32)13-24(23)30(16)14-18-7-6-17(12-22(18)27)25-28-10-11-33-25/h2-13H,14-15H2,1H3,(H,31,32). The molecule has 170 valence electrons. The molecule has 1 N–H and O–H groups in total. The first-order chi connectivity index (χ1) is 16.5. The third kappa shape index (κ3) is 4.25. The number of hydrogen-bond donors (Lipinski definition) is 1. The smallest absolute Gasteiger partial charge is 0.336 e. The molecule has 2 aromatic heterocycles. The Hall–Kier alpha value is -4.10. The first-order valence-electron chi connectivity index (χ1n) is 10.6. The van der Waals surface area contributed by atoms with Gasteiger partial charge in [0.15, 0.2) is 0 Å². The van der Waals surface area contributed by atoms with Gasteiger partial charge < -0.3 is 18.8 Å². The normalized spacial score (nSPS) is 11.1. The van der Waals surface area contributed by atoms with Gasteiger partial charge in [-0.05, 0) is 42.8 Å². The van der Waals surface area contributed by atoms with Crippen molar-refractivity contribution in [1.82, 2.24) is 14.5 Å². The molecule has 0 spiro atoms. The second-order valence-electron chi connectivity index (χ2n) is 7.79. The van der Waals surface area contributed by atoms with Gasteiger partial charge in [-0.3, -0.25) is 0 Å². The van der Waals surface area contributed by atoms with Crippen LogP contribution in [0.3, 0.4) is 0 Å². The number of aromatic carboxylic acids is 1. The van der Waals surface area contributed by atoms with E-state index in [1.54, 1.807) is 30.5 Å². The van der Waals surface area contributed by atoms with E-state index in [1.165, 1.54) is 6.26 Å². The molecule has 0 unspecified atom stereocenters. The summed E-state index contributed by atoms with van der Waals surface area (Å²) in [6, 6.07) is 18.2. The predicted octanol–water partition coefficient (Wildman–Crippen LogP) is 5.98. The number of carbonyl (C=O) groups is 1. The lowest BCUT2D eigenvalue weighted by Gasteiger charge is -2.12. The summed E-state index contributed by atoms with van der Waals surface area (Å²) in [6.45, 7) is 2.62. The maximum Gasteiger partial charge on any atom is 0.336 e. The molecule has 34 heavy (non-hydrogen) atoms. The summed E-state index contributed by atoms with van der Waals surface area (Å²) in [6.07, 6.45) is 3.12. The third-order valence-electron chi connectivity index (χ3n) is 5.61. The molecule has 0 amide bonds. The first-order valence-corrected chi connectivity index (χ1v) is 11.0. The molecule has 3 aromatic carbocycles. The van der Waals surface area contributed by atoms with E-state index in [0.717, 1.165) is 28.0 Å². The molecule has 0 bridgehead atoms. The monoisotopic (exact) mass is 473 g/mol. The molecule has 5 rings (SSSR count). The van der Waals surface area contributed by atoms with Crippen LogP contribution in [0.25, 0.3) is 22.5 Å². The van der Waals surface area contributed by atoms with E-state index in [1.807, 2.05) is 43.3 Å². The quantitative estimate of drug-likeness (QED) is 0.313. The molecule has 0 saturated carbocycles. The highest BCUT2D eigenvalue weighted by Crippen LogP contribution is 2.28. The number of aromatic nitrogens is 3. The van der Waals surface area contributed by atoms with E-state index in [2.05, 4.69) is 14.5 Å². The molecule has 5 aromatic rings. The summed E-state index contributed by atoms with van der Waals surface area (Å²) < 4.78 is 13.4. The minimum atomic E-state index is -0.978. The van der Waals surface area contributed by atoms with E-state index in [4.69, 9.17) is 20.8 Å². The van der Waals surface area contributed by atoms with Gasteiger partial charge in [0.05, 0.1) is 29.3 Å². The van der Waals surface area contributed by atoms with Gasteiger partial charge in [0.2, 0.25) is 5.89 Å². The Kier molecular flexibility index (Phi) is 5.77. The number of hydrogen-bond acceptors (Lipinski definition) is 5. The number of benzene rings is 3. The second-order valence-corrected chi connectivity index (χ2v) is 8.20. The molecule has 0 aliphatic carbocycles. The lowest BCUT2D eigenvalue weighted by atomic mass is 10.1. The summed E-state index contributed by atoms with van der Waals surface area (Å²) in [5, 5.41) is 10.00. The van der Waals surface area contributed by atoms with E-state index in [0.29, 0.717) is 28.8 Å². The summed E-state index contributed by atoms with van der Waals surface area (Å²) in [5.41, 5.74) is 4.31. The van der Waals surface area contributed by atoms with Gasteiger partial charge >= 0.3 is 5.97 Å². The van der Waals surface area contributed by atoms with Crippen LogP contribution in [0.15, 0.2) is 77.5 Å². The Morgan fingerprint density at radius 3 is 2.74 bits per heavy atom. The largest absolute Gasteiger partial charge is 0.489 e. The zero-order chi connectivity index (χ0) is 23.7. The van der Waals surface area contributed by atoms with Gasteiger partial charge in [-0.15, -0.1) is 0 Å². The first kappa shape index (κ1) is 21.7.